The minimum atomic E-state index is -0.700. The van der Waals surface area contributed by atoms with Gasteiger partial charge >= 0.3 is 0 Å². The molecule has 3 atom stereocenters. The van der Waals surface area contributed by atoms with Gasteiger partial charge in [-0.3, -0.25) is 4.90 Å². The van der Waals surface area contributed by atoms with E-state index in [1.165, 1.54) is 12.5 Å². The van der Waals surface area contributed by atoms with E-state index >= 15 is 4.39 Å². The molecular formula is C30H32FNO4. The predicted octanol–water partition coefficient (Wildman–Crippen LogP) is 6.41. The smallest absolute Gasteiger partial charge is 0.172 e. The number of hydrogen-bond acceptors (Lipinski definition) is 5. The van der Waals surface area contributed by atoms with Crippen LogP contribution in [-0.2, 0) is 0 Å². The van der Waals surface area contributed by atoms with Gasteiger partial charge in [-0.15, -0.1) is 0 Å². The van der Waals surface area contributed by atoms with Gasteiger partial charge in [0.25, 0.3) is 0 Å². The SMILES string of the molecule is CC1=C(c2cccc(O)c2F)C(c2ccc(OCC(C)N3CCC(C)C3)cc2)Oc2ccc(O)cc21. The maximum absolute atomic E-state index is 15.1. The zero-order valence-electron chi connectivity index (χ0n) is 20.9. The monoisotopic (exact) mass is 489 g/mol. The van der Waals surface area contributed by atoms with Gasteiger partial charge in [-0.2, -0.15) is 0 Å². The zero-order valence-corrected chi connectivity index (χ0v) is 20.9. The molecule has 5 nitrogen and oxygen atoms in total. The second-order valence-electron chi connectivity index (χ2n) is 9.97. The Morgan fingerprint density at radius 1 is 1.08 bits per heavy atom. The summed E-state index contributed by atoms with van der Waals surface area (Å²) in [6.45, 7) is 9.20. The van der Waals surface area contributed by atoms with Crippen LogP contribution in [0.4, 0.5) is 4.39 Å². The molecule has 3 unspecified atom stereocenters. The van der Waals surface area contributed by atoms with E-state index < -0.39 is 17.7 Å². The van der Waals surface area contributed by atoms with Crippen LogP contribution in [0.1, 0.15) is 50.0 Å². The van der Waals surface area contributed by atoms with Crippen molar-refractivity contribution in [3.63, 3.8) is 0 Å². The highest BCUT2D eigenvalue weighted by Crippen LogP contribution is 2.48. The largest absolute Gasteiger partial charge is 0.508 e. The first kappa shape index (κ1) is 24.2. The molecule has 2 aliphatic rings. The van der Waals surface area contributed by atoms with Crippen molar-refractivity contribution in [1.29, 1.82) is 0 Å². The summed E-state index contributed by atoms with van der Waals surface area (Å²) in [6, 6.07) is 17.5. The standard InChI is InChI=1S/C30H32FNO4/c1-18-13-14-32(16-18)19(2)17-35-23-10-7-21(8-11-23)30-28(24-5-4-6-26(34)29(24)31)20(3)25-15-22(33)9-12-27(25)36-30/h4-12,15,18-19,30,33-34H,13-14,16-17H2,1-3H3. The van der Waals surface area contributed by atoms with Crippen LogP contribution >= 0.6 is 0 Å². The molecule has 36 heavy (non-hydrogen) atoms. The Bertz CT molecular complexity index is 1290. The number of phenolic OH excluding ortho intramolecular Hbond substituents is 2. The van der Waals surface area contributed by atoms with Crippen LogP contribution in [0.15, 0.2) is 60.7 Å². The average Bonchev–Trinajstić information content (AvgIpc) is 3.31. The Morgan fingerprint density at radius 3 is 2.58 bits per heavy atom. The lowest BCUT2D eigenvalue weighted by molar-refractivity contribution is 0.169. The first-order valence-corrected chi connectivity index (χ1v) is 12.5. The fraction of sp³-hybridized carbons (Fsp3) is 0.333. The molecule has 0 saturated carbocycles. The van der Waals surface area contributed by atoms with E-state index in [1.54, 1.807) is 30.3 Å². The van der Waals surface area contributed by atoms with Gasteiger partial charge in [0.05, 0.1) is 0 Å². The molecule has 0 bridgehead atoms. The Balaban J connectivity index is 1.43. The lowest BCUT2D eigenvalue weighted by Crippen LogP contribution is -2.35. The van der Waals surface area contributed by atoms with Crippen molar-refractivity contribution in [1.82, 2.24) is 4.90 Å². The van der Waals surface area contributed by atoms with E-state index in [9.17, 15) is 10.2 Å². The van der Waals surface area contributed by atoms with E-state index in [0.717, 1.165) is 35.9 Å². The maximum Gasteiger partial charge on any atom is 0.172 e. The molecule has 0 spiro atoms. The highest BCUT2D eigenvalue weighted by molar-refractivity contribution is 5.96. The molecule has 188 valence electrons. The van der Waals surface area contributed by atoms with Gasteiger partial charge < -0.3 is 19.7 Å². The molecule has 1 saturated heterocycles. The van der Waals surface area contributed by atoms with E-state index in [-0.39, 0.29) is 11.3 Å². The lowest BCUT2D eigenvalue weighted by atomic mass is 9.85. The topological polar surface area (TPSA) is 62.2 Å². The van der Waals surface area contributed by atoms with E-state index in [1.807, 2.05) is 31.2 Å². The molecule has 5 rings (SSSR count). The number of likely N-dealkylation sites (tertiary alicyclic amines) is 1. The van der Waals surface area contributed by atoms with Crippen LogP contribution in [0.3, 0.4) is 0 Å². The van der Waals surface area contributed by atoms with Crippen LogP contribution in [0.2, 0.25) is 0 Å². The van der Waals surface area contributed by atoms with E-state index in [2.05, 4.69) is 18.7 Å². The number of rotatable bonds is 6. The maximum atomic E-state index is 15.1. The summed E-state index contributed by atoms with van der Waals surface area (Å²) in [4.78, 5) is 2.47. The van der Waals surface area contributed by atoms with Gasteiger partial charge in [0.2, 0.25) is 0 Å². The molecule has 1 fully saturated rings. The normalized spacial score (nSPS) is 20.7. The Labute approximate surface area is 211 Å². The molecule has 0 aliphatic carbocycles. The molecule has 0 aromatic heterocycles. The summed E-state index contributed by atoms with van der Waals surface area (Å²) >= 11 is 0. The molecule has 0 amide bonds. The summed E-state index contributed by atoms with van der Waals surface area (Å²) in [7, 11) is 0. The minimum Gasteiger partial charge on any atom is -0.508 e. The molecule has 2 N–H and O–H groups in total. The van der Waals surface area contributed by atoms with Gasteiger partial charge in [-0.1, -0.05) is 31.2 Å². The highest BCUT2D eigenvalue weighted by Gasteiger charge is 2.31. The van der Waals surface area contributed by atoms with Gasteiger partial charge in [0, 0.05) is 29.3 Å². The van der Waals surface area contributed by atoms with E-state index in [0.29, 0.717) is 29.5 Å². The third-order valence-electron chi connectivity index (χ3n) is 7.30. The molecule has 6 heteroatoms. The molecule has 0 radical (unpaired) electrons. The number of hydrogen-bond donors (Lipinski definition) is 2. The second-order valence-corrected chi connectivity index (χ2v) is 9.97. The summed E-state index contributed by atoms with van der Waals surface area (Å²) in [6.07, 6.45) is 0.635. The fourth-order valence-corrected chi connectivity index (χ4v) is 5.18. The Morgan fingerprint density at radius 2 is 1.86 bits per heavy atom. The van der Waals surface area contributed by atoms with Crippen molar-refractivity contribution in [3.05, 3.63) is 83.2 Å². The van der Waals surface area contributed by atoms with Crippen molar-refractivity contribution in [2.24, 2.45) is 5.92 Å². The Kier molecular flexibility index (Phi) is 6.63. The average molecular weight is 490 g/mol. The number of allylic oxidation sites excluding steroid dienone is 1. The van der Waals surface area contributed by atoms with Crippen molar-refractivity contribution in [2.45, 2.75) is 39.3 Å². The van der Waals surface area contributed by atoms with Crippen LogP contribution in [0.5, 0.6) is 23.0 Å². The quantitative estimate of drug-likeness (QED) is 0.419. The summed E-state index contributed by atoms with van der Waals surface area (Å²) in [5, 5.41) is 20.1. The minimum absolute atomic E-state index is 0.102. The van der Waals surface area contributed by atoms with Crippen LogP contribution in [-0.4, -0.2) is 40.9 Å². The lowest BCUT2D eigenvalue weighted by Gasteiger charge is -2.31. The predicted molar refractivity (Wildman–Crippen MR) is 139 cm³/mol. The van der Waals surface area contributed by atoms with Crippen LogP contribution < -0.4 is 9.47 Å². The van der Waals surface area contributed by atoms with Crippen LogP contribution in [0, 0.1) is 11.7 Å². The summed E-state index contributed by atoms with van der Waals surface area (Å²) < 4.78 is 27.5. The Hall–Kier alpha value is -3.51. The molecule has 3 aromatic rings. The first-order valence-electron chi connectivity index (χ1n) is 12.5. The summed E-state index contributed by atoms with van der Waals surface area (Å²) in [5.74, 6) is 1.09. The van der Waals surface area contributed by atoms with Gasteiger partial charge in [-0.25, -0.2) is 4.39 Å². The highest BCUT2D eigenvalue weighted by atomic mass is 19.1. The van der Waals surface area contributed by atoms with Gasteiger partial charge in [0.15, 0.2) is 11.6 Å². The van der Waals surface area contributed by atoms with Gasteiger partial charge in [0.1, 0.15) is 30.0 Å². The number of benzene rings is 3. The van der Waals surface area contributed by atoms with Crippen molar-refractivity contribution >= 4 is 11.1 Å². The third-order valence-corrected chi connectivity index (χ3v) is 7.30. The molecular weight excluding hydrogens is 457 g/mol. The third kappa shape index (κ3) is 4.65. The van der Waals surface area contributed by atoms with Crippen molar-refractivity contribution < 1.29 is 24.1 Å². The first-order chi connectivity index (χ1) is 17.3. The van der Waals surface area contributed by atoms with Gasteiger partial charge in [-0.05, 0) is 80.3 Å². The number of halogens is 1. The molecule has 2 heterocycles. The second kappa shape index (κ2) is 9.86. The molecule has 3 aromatic carbocycles. The summed E-state index contributed by atoms with van der Waals surface area (Å²) in [5.41, 5.74) is 3.16. The molecule has 2 aliphatic heterocycles. The van der Waals surface area contributed by atoms with Crippen molar-refractivity contribution in [3.8, 4) is 23.0 Å². The van der Waals surface area contributed by atoms with E-state index in [4.69, 9.17) is 9.47 Å². The van der Waals surface area contributed by atoms with Crippen LogP contribution in [0.25, 0.3) is 11.1 Å². The van der Waals surface area contributed by atoms with Crippen molar-refractivity contribution in [2.75, 3.05) is 19.7 Å². The number of aromatic hydroxyl groups is 2. The number of phenols is 2. The number of fused-ring (bicyclic) bond motifs is 1. The number of nitrogens with zero attached hydrogens (tertiary/aromatic N) is 1. The fourth-order valence-electron chi connectivity index (χ4n) is 5.18. The number of ether oxygens (including phenoxy) is 2. The zero-order chi connectivity index (χ0) is 25.4.